The standard InChI is InChI=1S/C22H25N3O2/c1-2-13-26-22-20(9-6-12-25-22)16-24-15-19-8-3-4-10-21(19)27-17-18-7-5-11-23-14-18/h3-12,14,24H,2,13,15-17H2,1H3. The molecule has 0 atom stereocenters. The van der Waals surface area contributed by atoms with Crippen molar-refractivity contribution in [3.63, 3.8) is 0 Å². The zero-order valence-corrected chi connectivity index (χ0v) is 15.6. The van der Waals surface area contributed by atoms with E-state index in [0.29, 0.717) is 32.2 Å². The van der Waals surface area contributed by atoms with Crippen LogP contribution in [0.25, 0.3) is 0 Å². The number of para-hydroxylation sites is 1. The number of ether oxygens (including phenoxy) is 2. The van der Waals surface area contributed by atoms with Crippen molar-refractivity contribution in [2.45, 2.75) is 33.0 Å². The van der Waals surface area contributed by atoms with Crippen molar-refractivity contribution in [3.05, 3.63) is 83.8 Å². The van der Waals surface area contributed by atoms with Gasteiger partial charge in [0, 0.05) is 48.4 Å². The van der Waals surface area contributed by atoms with E-state index >= 15 is 0 Å². The maximum Gasteiger partial charge on any atom is 0.217 e. The summed E-state index contributed by atoms with van der Waals surface area (Å²) in [6.07, 6.45) is 6.31. The number of hydrogen-bond donors (Lipinski definition) is 1. The van der Waals surface area contributed by atoms with Crippen molar-refractivity contribution in [2.24, 2.45) is 0 Å². The van der Waals surface area contributed by atoms with Crippen molar-refractivity contribution < 1.29 is 9.47 Å². The van der Waals surface area contributed by atoms with Crippen LogP contribution in [0.15, 0.2) is 67.1 Å². The van der Waals surface area contributed by atoms with Gasteiger partial charge in [-0.2, -0.15) is 0 Å². The van der Waals surface area contributed by atoms with Crippen LogP contribution in [0.5, 0.6) is 11.6 Å². The van der Waals surface area contributed by atoms with Crippen LogP contribution in [-0.4, -0.2) is 16.6 Å². The molecule has 0 aliphatic carbocycles. The Morgan fingerprint density at radius 2 is 1.70 bits per heavy atom. The Hall–Kier alpha value is -2.92. The summed E-state index contributed by atoms with van der Waals surface area (Å²) in [6.45, 7) is 4.65. The molecule has 27 heavy (non-hydrogen) atoms. The number of hydrogen-bond acceptors (Lipinski definition) is 5. The van der Waals surface area contributed by atoms with Crippen molar-refractivity contribution >= 4 is 0 Å². The second-order valence-electron chi connectivity index (χ2n) is 6.18. The minimum atomic E-state index is 0.502. The van der Waals surface area contributed by atoms with Crippen LogP contribution in [0.1, 0.15) is 30.0 Å². The summed E-state index contributed by atoms with van der Waals surface area (Å²) >= 11 is 0. The Kier molecular flexibility index (Phi) is 7.18. The molecule has 0 aliphatic heterocycles. The first-order valence-corrected chi connectivity index (χ1v) is 9.24. The second-order valence-corrected chi connectivity index (χ2v) is 6.18. The fourth-order valence-electron chi connectivity index (χ4n) is 2.65. The highest BCUT2D eigenvalue weighted by atomic mass is 16.5. The first kappa shape index (κ1) is 18.9. The largest absolute Gasteiger partial charge is 0.489 e. The molecule has 1 aromatic carbocycles. The van der Waals surface area contributed by atoms with Gasteiger partial charge in [-0.25, -0.2) is 4.98 Å². The lowest BCUT2D eigenvalue weighted by atomic mass is 10.2. The number of benzene rings is 1. The monoisotopic (exact) mass is 363 g/mol. The molecule has 2 aromatic heterocycles. The molecule has 0 aliphatic rings. The third kappa shape index (κ3) is 5.79. The molecular formula is C22H25N3O2. The topological polar surface area (TPSA) is 56.3 Å². The van der Waals surface area contributed by atoms with Gasteiger partial charge in [-0.1, -0.05) is 37.3 Å². The molecule has 0 radical (unpaired) electrons. The Morgan fingerprint density at radius 3 is 2.56 bits per heavy atom. The van der Waals surface area contributed by atoms with Gasteiger partial charge < -0.3 is 14.8 Å². The lowest BCUT2D eigenvalue weighted by Gasteiger charge is -2.13. The normalized spacial score (nSPS) is 10.6. The van der Waals surface area contributed by atoms with Crippen LogP contribution in [0, 0.1) is 0 Å². The summed E-state index contributed by atoms with van der Waals surface area (Å²) in [7, 11) is 0. The molecule has 5 nitrogen and oxygen atoms in total. The molecule has 0 unspecified atom stereocenters. The van der Waals surface area contributed by atoms with E-state index in [1.807, 2.05) is 48.7 Å². The van der Waals surface area contributed by atoms with Crippen LogP contribution in [-0.2, 0) is 19.7 Å². The Labute approximate surface area is 160 Å². The van der Waals surface area contributed by atoms with Crippen molar-refractivity contribution in [1.82, 2.24) is 15.3 Å². The molecule has 0 saturated carbocycles. The highest BCUT2D eigenvalue weighted by molar-refractivity contribution is 5.33. The molecule has 3 rings (SSSR count). The van der Waals surface area contributed by atoms with Crippen molar-refractivity contribution in [1.29, 1.82) is 0 Å². The van der Waals surface area contributed by atoms with Gasteiger partial charge in [0.15, 0.2) is 0 Å². The van der Waals surface area contributed by atoms with Gasteiger partial charge in [0.1, 0.15) is 12.4 Å². The van der Waals surface area contributed by atoms with E-state index in [9.17, 15) is 0 Å². The van der Waals surface area contributed by atoms with E-state index in [1.54, 1.807) is 12.4 Å². The summed E-state index contributed by atoms with van der Waals surface area (Å²) in [6, 6.07) is 16.0. The first-order chi connectivity index (χ1) is 13.4. The zero-order valence-electron chi connectivity index (χ0n) is 15.6. The predicted octanol–water partition coefficient (Wildman–Crippen LogP) is 4.13. The zero-order chi connectivity index (χ0) is 18.7. The number of pyridine rings is 2. The Morgan fingerprint density at radius 1 is 0.889 bits per heavy atom. The minimum Gasteiger partial charge on any atom is -0.489 e. The maximum atomic E-state index is 5.99. The Balaban J connectivity index is 1.57. The van der Waals surface area contributed by atoms with Crippen LogP contribution < -0.4 is 14.8 Å². The summed E-state index contributed by atoms with van der Waals surface area (Å²) in [5.74, 6) is 1.58. The van der Waals surface area contributed by atoms with Crippen LogP contribution >= 0.6 is 0 Å². The second kappa shape index (κ2) is 10.3. The van der Waals surface area contributed by atoms with E-state index in [-0.39, 0.29) is 0 Å². The number of nitrogens with one attached hydrogen (secondary N) is 1. The molecule has 1 N–H and O–H groups in total. The molecule has 0 amide bonds. The smallest absolute Gasteiger partial charge is 0.217 e. The van der Waals surface area contributed by atoms with E-state index in [0.717, 1.165) is 28.9 Å². The number of nitrogens with zero attached hydrogens (tertiary/aromatic N) is 2. The molecule has 3 aromatic rings. The van der Waals surface area contributed by atoms with Gasteiger partial charge in [-0.3, -0.25) is 4.98 Å². The van der Waals surface area contributed by atoms with Crippen LogP contribution in [0.4, 0.5) is 0 Å². The third-order valence-electron chi connectivity index (χ3n) is 4.01. The summed E-state index contributed by atoms with van der Waals surface area (Å²) in [5.41, 5.74) is 3.22. The quantitative estimate of drug-likeness (QED) is 0.587. The lowest BCUT2D eigenvalue weighted by molar-refractivity contribution is 0.299. The molecule has 0 fully saturated rings. The number of aromatic nitrogens is 2. The van der Waals surface area contributed by atoms with Gasteiger partial charge in [0.25, 0.3) is 0 Å². The predicted molar refractivity (Wildman–Crippen MR) is 106 cm³/mol. The number of rotatable bonds is 10. The van der Waals surface area contributed by atoms with Gasteiger partial charge in [0.05, 0.1) is 6.61 Å². The summed E-state index contributed by atoms with van der Waals surface area (Å²) in [4.78, 5) is 8.45. The molecule has 140 valence electrons. The van der Waals surface area contributed by atoms with Gasteiger partial charge in [0.2, 0.25) is 5.88 Å². The average Bonchev–Trinajstić information content (AvgIpc) is 2.73. The van der Waals surface area contributed by atoms with E-state index in [2.05, 4.69) is 28.3 Å². The summed E-state index contributed by atoms with van der Waals surface area (Å²) < 4.78 is 11.7. The van der Waals surface area contributed by atoms with Crippen LogP contribution in [0.3, 0.4) is 0 Å². The highest BCUT2D eigenvalue weighted by Crippen LogP contribution is 2.20. The molecule has 0 saturated heterocycles. The average molecular weight is 363 g/mol. The van der Waals surface area contributed by atoms with Crippen LogP contribution in [0.2, 0.25) is 0 Å². The maximum absolute atomic E-state index is 5.99. The van der Waals surface area contributed by atoms with E-state index < -0.39 is 0 Å². The molecular weight excluding hydrogens is 338 g/mol. The van der Waals surface area contributed by atoms with Crippen molar-refractivity contribution in [2.75, 3.05) is 6.61 Å². The molecule has 2 heterocycles. The summed E-state index contributed by atoms with van der Waals surface area (Å²) in [5, 5.41) is 3.46. The lowest BCUT2D eigenvalue weighted by Crippen LogP contribution is -2.15. The van der Waals surface area contributed by atoms with E-state index in [4.69, 9.17) is 9.47 Å². The molecule has 0 spiro atoms. The van der Waals surface area contributed by atoms with Gasteiger partial charge >= 0.3 is 0 Å². The molecule has 0 bridgehead atoms. The molecule has 5 heteroatoms. The highest BCUT2D eigenvalue weighted by Gasteiger charge is 2.07. The van der Waals surface area contributed by atoms with Crippen molar-refractivity contribution in [3.8, 4) is 11.6 Å². The first-order valence-electron chi connectivity index (χ1n) is 9.24. The fraction of sp³-hybridized carbons (Fsp3) is 0.273. The van der Waals surface area contributed by atoms with E-state index in [1.165, 1.54) is 0 Å². The van der Waals surface area contributed by atoms with Gasteiger partial charge in [-0.15, -0.1) is 0 Å². The third-order valence-corrected chi connectivity index (χ3v) is 4.01. The fourth-order valence-corrected chi connectivity index (χ4v) is 2.65. The Bertz CT molecular complexity index is 825. The minimum absolute atomic E-state index is 0.502. The van der Waals surface area contributed by atoms with Gasteiger partial charge in [-0.05, 0) is 24.6 Å². The SMILES string of the molecule is CCCOc1ncccc1CNCc1ccccc1OCc1cccnc1.